The summed E-state index contributed by atoms with van der Waals surface area (Å²) in [6.45, 7) is 0. The zero-order valence-corrected chi connectivity index (χ0v) is 10.4. The molecule has 84 valence electrons. The lowest BCUT2D eigenvalue weighted by molar-refractivity contribution is 0.112. The summed E-state index contributed by atoms with van der Waals surface area (Å²) in [6.07, 6.45) is 4.74. The first-order valence-corrected chi connectivity index (χ1v) is 6.39. The largest absolute Gasteiger partial charge is 0.485 e. The van der Waals surface area contributed by atoms with Crippen molar-refractivity contribution in [2.45, 2.75) is 31.5 Å². The van der Waals surface area contributed by atoms with Crippen LogP contribution in [0.15, 0.2) is 28.2 Å². The van der Waals surface area contributed by atoms with E-state index in [2.05, 4.69) is 22.0 Å². The van der Waals surface area contributed by atoms with Gasteiger partial charge in [-0.15, -0.1) is 0 Å². The smallest absolute Gasteiger partial charge is 0.127 e. The van der Waals surface area contributed by atoms with E-state index in [0.717, 1.165) is 40.6 Å². The zero-order chi connectivity index (χ0) is 11.1. The molecule has 16 heavy (non-hydrogen) atoms. The van der Waals surface area contributed by atoms with Crippen LogP contribution >= 0.6 is 15.9 Å². The molecule has 3 heteroatoms. The highest BCUT2D eigenvalue weighted by atomic mass is 79.9. The van der Waals surface area contributed by atoms with E-state index < -0.39 is 0 Å². The van der Waals surface area contributed by atoms with E-state index in [1.165, 1.54) is 0 Å². The van der Waals surface area contributed by atoms with Crippen LogP contribution in [0.3, 0.4) is 0 Å². The molecule has 2 aliphatic rings. The normalized spacial score (nSPS) is 27.5. The standard InChI is InChI=1S/C13H13BrO2/c14-9-4-5-12-8(6-9)7-10-11(15)2-1-3-13(10)16-12/h4-7,11,13,15H,1-3H2. The van der Waals surface area contributed by atoms with Gasteiger partial charge in [0.15, 0.2) is 0 Å². The van der Waals surface area contributed by atoms with E-state index in [9.17, 15) is 5.11 Å². The van der Waals surface area contributed by atoms with Gasteiger partial charge in [0.1, 0.15) is 11.9 Å². The van der Waals surface area contributed by atoms with Crippen LogP contribution in [-0.2, 0) is 0 Å². The molecule has 0 saturated heterocycles. The van der Waals surface area contributed by atoms with Crippen LogP contribution in [-0.4, -0.2) is 17.3 Å². The van der Waals surface area contributed by atoms with Gasteiger partial charge in [0.25, 0.3) is 0 Å². The molecule has 0 radical (unpaired) electrons. The van der Waals surface area contributed by atoms with Crippen LogP contribution in [0, 0.1) is 0 Å². The maximum Gasteiger partial charge on any atom is 0.127 e. The molecule has 1 saturated carbocycles. The molecule has 1 heterocycles. The van der Waals surface area contributed by atoms with Gasteiger partial charge in [-0.2, -0.15) is 0 Å². The van der Waals surface area contributed by atoms with Crippen LogP contribution in [0.4, 0.5) is 0 Å². The summed E-state index contributed by atoms with van der Waals surface area (Å²) in [5.41, 5.74) is 2.10. The lowest BCUT2D eigenvalue weighted by atomic mass is 9.86. The monoisotopic (exact) mass is 280 g/mol. The average Bonchev–Trinajstić information content (AvgIpc) is 2.28. The second-order valence-electron chi connectivity index (χ2n) is 4.38. The number of aliphatic hydroxyl groups is 1. The van der Waals surface area contributed by atoms with Crippen molar-refractivity contribution < 1.29 is 9.84 Å². The quantitative estimate of drug-likeness (QED) is 0.791. The summed E-state index contributed by atoms with van der Waals surface area (Å²) in [5.74, 6) is 0.922. The van der Waals surface area contributed by atoms with Crippen molar-refractivity contribution in [2.24, 2.45) is 0 Å². The Balaban J connectivity index is 2.05. The third kappa shape index (κ3) is 1.68. The Bertz CT molecular complexity index is 453. The van der Waals surface area contributed by atoms with Gasteiger partial charge in [-0.1, -0.05) is 15.9 Å². The Morgan fingerprint density at radius 1 is 1.31 bits per heavy atom. The van der Waals surface area contributed by atoms with E-state index in [-0.39, 0.29) is 12.2 Å². The molecule has 1 N–H and O–H groups in total. The van der Waals surface area contributed by atoms with E-state index in [1.54, 1.807) is 0 Å². The van der Waals surface area contributed by atoms with Crippen molar-refractivity contribution in [3.63, 3.8) is 0 Å². The van der Waals surface area contributed by atoms with Gasteiger partial charge in [0, 0.05) is 10.0 Å². The lowest BCUT2D eigenvalue weighted by Crippen LogP contribution is -2.33. The van der Waals surface area contributed by atoms with Gasteiger partial charge < -0.3 is 9.84 Å². The van der Waals surface area contributed by atoms with Gasteiger partial charge in [0.05, 0.1) is 6.10 Å². The van der Waals surface area contributed by atoms with Crippen molar-refractivity contribution in [3.05, 3.63) is 33.8 Å². The molecule has 1 aliphatic heterocycles. The average molecular weight is 281 g/mol. The summed E-state index contributed by atoms with van der Waals surface area (Å²) in [5, 5.41) is 9.94. The number of ether oxygens (including phenoxy) is 1. The summed E-state index contributed by atoms with van der Waals surface area (Å²) in [4.78, 5) is 0. The van der Waals surface area contributed by atoms with Crippen LogP contribution < -0.4 is 4.74 Å². The lowest BCUT2D eigenvalue weighted by Gasteiger charge is -2.33. The molecule has 0 amide bonds. The van der Waals surface area contributed by atoms with Crippen molar-refractivity contribution in [2.75, 3.05) is 0 Å². The summed E-state index contributed by atoms with van der Waals surface area (Å²) < 4.78 is 6.95. The third-order valence-corrected chi connectivity index (χ3v) is 3.76. The molecule has 1 aromatic carbocycles. The highest BCUT2D eigenvalue weighted by Gasteiger charge is 2.30. The van der Waals surface area contributed by atoms with Crippen LogP contribution in [0.2, 0.25) is 0 Å². The minimum atomic E-state index is -0.328. The topological polar surface area (TPSA) is 29.5 Å². The summed E-state index contributed by atoms with van der Waals surface area (Å²) in [7, 11) is 0. The van der Waals surface area contributed by atoms with Gasteiger partial charge >= 0.3 is 0 Å². The van der Waals surface area contributed by atoms with Crippen LogP contribution in [0.5, 0.6) is 5.75 Å². The van der Waals surface area contributed by atoms with Crippen molar-refractivity contribution in [1.82, 2.24) is 0 Å². The molecule has 2 unspecified atom stereocenters. The predicted molar refractivity (Wildman–Crippen MR) is 66.4 cm³/mol. The molecular formula is C13H13BrO2. The first-order chi connectivity index (χ1) is 7.74. The highest BCUT2D eigenvalue weighted by molar-refractivity contribution is 9.10. The predicted octanol–water partition coefficient (Wildman–Crippen LogP) is 3.14. The van der Waals surface area contributed by atoms with Crippen molar-refractivity contribution in [3.8, 4) is 5.75 Å². The van der Waals surface area contributed by atoms with E-state index in [0.29, 0.717) is 0 Å². The van der Waals surface area contributed by atoms with Gasteiger partial charge in [-0.3, -0.25) is 0 Å². The molecule has 0 bridgehead atoms. The molecule has 1 fully saturated rings. The SMILES string of the molecule is OC1CCCC2Oc3ccc(Br)cc3C=C12. The maximum atomic E-state index is 9.94. The van der Waals surface area contributed by atoms with Crippen LogP contribution in [0.1, 0.15) is 24.8 Å². The van der Waals surface area contributed by atoms with Crippen LogP contribution in [0.25, 0.3) is 6.08 Å². The minimum absolute atomic E-state index is 0.0809. The summed E-state index contributed by atoms with van der Waals surface area (Å²) >= 11 is 3.45. The first kappa shape index (κ1) is 10.4. The van der Waals surface area contributed by atoms with E-state index >= 15 is 0 Å². The van der Waals surface area contributed by atoms with Crippen molar-refractivity contribution in [1.29, 1.82) is 0 Å². The minimum Gasteiger partial charge on any atom is -0.485 e. The molecule has 2 nitrogen and oxygen atoms in total. The fourth-order valence-corrected chi connectivity index (χ4v) is 2.81. The Morgan fingerprint density at radius 3 is 3.06 bits per heavy atom. The highest BCUT2D eigenvalue weighted by Crippen LogP contribution is 2.37. The molecule has 1 aliphatic carbocycles. The number of hydrogen-bond donors (Lipinski definition) is 1. The van der Waals surface area contributed by atoms with E-state index in [4.69, 9.17) is 4.74 Å². The number of rotatable bonds is 0. The summed E-state index contributed by atoms with van der Waals surface area (Å²) in [6, 6.07) is 5.99. The Kier molecular flexibility index (Phi) is 2.52. The second kappa shape index (κ2) is 3.90. The molecule has 0 aromatic heterocycles. The number of fused-ring (bicyclic) bond motifs is 2. The van der Waals surface area contributed by atoms with Gasteiger partial charge in [-0.05, 0) is 49.1 Å². The fraction of sp³-hybridized carbons (Fsp3) is 0.385. The number of benzene rings is 1. The number of hydrogen-bond acceptors (Lipinski definition) is 2. The molecular weight excluding hydrogens is 268 g/mol. The third-order valence-electron chi connectivity index (χ3n) is 3.26. The molecule has 2 atom stereocenters. The van der Waals surface area contributed by atoms with Gasteiger partial charge in [0.2, 0.25) is 0 Å². The molecule has 3 rings (SSSR count). The van der Waals surface area contributed by atoms with Crippen molar-refractivity contribution >= 4 is 22.0 Å². The van der Waals surface area contributed by atoms with E-state index in [1.807, 2.05) is 18.2 Å². The second-order valence-corrected chi connectivity index (χ2v) is 5.30. The Hall–Kier alpha value is -0.800. The molecule has 1 aromatic rings. The number of aliphatic hydroxyl groups excluding tert-OH is 1. The molecule has 0 spiro atoms. The van der Waals surface area contributed by atoms with Gasteiger partial charge in [-0.25, -0.2) is 0 Å². The first-order valence-electron chi connectivity index (χ1n) is 5.60. The fourth-order valence-electron chi connectivity index (χ4n) is 2.43. The Labute approximate surface area is 103 Å². The maximum absolute atomic E-state index is 9.94. The Morgan fingerprint density at radius 2 is 2.19 bits per heavy atom. The number of halogens is 1. The zero-order valence-electron chi connectivity index (χ0n) is 8.82.